The van der Waals surface area contributed by atoms with Crippen LogP contribution in [0.25, 0.3) is 0 Å². The molecule has 1 aliphatic carbocycles. The molecule has 2 saturated heterocycles. The van der Waals surface area contributed by atoms with Gasteiger partial charge in [0.25, 0.3) is 0 Å². The van der Waals surface area contributed by atoms with E-state index in [1.54, 1.807) is 23.2 Å². The van der Waals surface area contributed by atoms with Crippen molar-refractivity contribution in [2.45, 2.75) is 25.7 Å². The summed E-state index contributed by atoms with van der Waals surface area (Å²) in [6.45, 7) is 2.86. The van der Waals surface area contributed by atoms with Crippen LogP contribution in [0, 0.1) is 17.2 Å². The summed E-state index contributed by atoms with van der Waals surface area (Å²) in [5.74, 6) is 0.466. The Hall–Kier alpha value is -3.40. The third-order valence-corrected chi connectivity index (χ3v) is 6.67. The van der Waals surface area contributed by atoms with Crippen LogP contribution in [0.5, 0.6) is 0 Å². The number of nitriles is 1. The van der Waals surface area contributed by atoms with E-state index in [0.717, 1.165) is 18.5 Å². The average Bonchev–Trinajstić information content (AvgIpc) is 3.44. The number of hydrogen-bond donors (Lipinski definition) is 0. The van der Waals surface area contributed by atoms with Crippen molar-refractivity contribution >= 4 is 23.3 Å². The fourth-order valence-corrected chi connectivity index (χ4v) is 4.98. The van der Waals surface area contributed by atoms with E-state index in [-0.39, 0.29) is 24.2 Å². The summed E-state index contributed by atoms with van der Waals surface area (Å²) in [5.41, 5.74) is 4.19. The van der Waals surface area contributed by atoms with Gasteiger partial charge in [-0.25, -0.2) is 4.98 Å². The second-order valence-corrected chi connectivity index (χ2v) is 8.51. The summed E-state index contributed by atoms with van der Waals surface area (Å²) in [5, 5.41) is 9.31. The van der Waals surface area contributed by atoms with Crippen LogP contribution in [0.2, 0.25) is 0 Å². The van der Waals surface area contributed by atoms with E-state index in [1.807, 2.05) is 11.0 Å². The van der Waals surface area contributed by atoms with Gasteiger partial charge in [-0.3, -0.25) is 9.59 Å². The Labute approximate surface area is 181 Å². The van der Waals surface area contributed by atoms with Crippen LogP contribution in [-0.2, 0) is 22.4 Å². The van der Waals surface area contributed by atoms with Crippen LogP contribution < -0.4 is 9.80 Å². The van der Waals surface area contributed by atoms with Crippen LogP contribution in [0.15, 0.2) is 36.5 Å². The average molecular weight is 415 g/mol. The first-order valence-corrected chi connectivity index (χ1v) is 10.9. The van der Waals surface area contributed by atoms with E-state index in [1.165, 1.54) is 17.5 Å². The lowest BCUT2D eigenvalue weighted by Crippen LogP contribution is -2.51. The van der Waals surface area contributed by atoms with Crippen molar-refractivity contribution in [3.63, 3.8) is 0 Å². The Morgan fingerprint density at radius 1 is 1.10 bits per heavy atom. The van der Waals surface area contributed by atoms with Gasteiger partial charge in [0.15, 0.2) is 0 Å². The molecule has 158 valence electrons. The largest absolute Gasteiger partial charge is 0.352 e. The van der Waals surface area contributed by atoms with Gasteiger partial charge in [-0.1, -0.05) is 6.07 Å². The van der Waals surface area contributed by atoms with Crippen molar-refractivity contribution in [3.05, 3.63) is 53.2 Å². The monoisotopic (exact) mass is 415 g/mol. The lowest BCUT2D eigenvalue weighted by molar-refractivity contribution is -0.136. The standard InChI is InChI=1S/C24H25N5O2/c25-15-19-5-2-8-26-23(19)27-9-11-28(12-10-27)24(31)20-14-22(30)29(16-20)21-7-6-17-3-1-4-18(17)13-21/h2,5-8,13,20H,1,3-4,9-12,14,16H2. The number of nitrogens with zero attached hydrogens (tertiary/aromatic N) is 5. The maximum atomic E-state index is 13.1. The fourth-order valence-electron chi connectivity index (χ4n) is 4.98. The van der Waals surface area contributed by atoms with Crippen LogP contribution >= 0.6 is 0 Å². The molecule has 3 heterocycles. The predicted molar refractivity (Wildman–Crippen MR) is 117 cm³/mol. The molecule has 1 aromatic carbocycles. The Kier molecular flexibility index (Phi) is 5.06. The number of aromatic nitrogens is 1. The number of hydrogen-bond acceptors (Lipinski definition) is 5. The second-order valence-electron chi connectivity index (χ2n) is 8.51. The summed E-state index contributed by atoms with van der Waals surface area (Å²) in [7, 11) is 0. The number of piperazine rings is 1. The zero-order valence-corrected chi connectivity index (χ0v) is 17.5. The van der Waals surface area contributed by atoms with E-state index in [2.05, 4.69) is 28.1 Å². The minimum absolute atomic E-state index is 0.0297. The van der Waals surface area contributed by atoms with Crippen LogP contribution in [0.3, 0.4) is 0 Å². The quantitative estimate of drug-likeness (QED) is 0.767. The number of carbonyl (C=O) groups excluding carboxylic acids is 2. The van der Waals surface area contributed by atoms with E-state index in [4.69, 9.17) is 0 Å². The molecule has 7 nitrogen and oxygen atoms in total. The topological polar surface area (TPSA) is 80.5 Å². The maximum Gasteiger partial charge on any atom is 0.228 e. The zero-order chi connectivity index (χ0) is 21.4. The Balaban J connectivity index is 1.23. The van der Waals surface area contributed by atoms with Gasteiger partial charge in [-0.05, 0) is 54.7 Å². The highest BCUT2D eigenvalue weighted by molar-refractivity contribution is 6.00. The van der Waals surface area contributed by atoms with Crippen molar-refractivity contribution in [1.82, 2.24) is 9.88 Å². The molecule has 0 N–H and O–H groups in total. The van der Waals surface area contributed by atoms with E-state index >= 15 is 0 Å². The van der Waals surface area contributed by atoms with Crippen LogP contribution in [-0.4, -0.2) is 54.4 Å². The molecule has 2 fully saturated rings. The molecule has 2 aromatic rings. The van der Waals surface area contributed by atoms with Gasteiger partial charge >= 0.3 is 0 Å². The van der Waals surface area contributed by atoms with Gasteiger partial charge in [0, 0.05) is 51.0 Å². The van der Waals surface area contributed by atoms with E-state index < -0.39 is 0 Å². The van der Waals surface area contributed by atoms with Crippen molar-refractivity contribution in [1.29, 1.82) is 5.26 Å². The molecule has 1 atom stereocenters. The minimum atomic E-state index is -0.295. The van der Waals surface area contributed by atoms with Gasteiger partial charge in [0.2, 0.25) is 11.8 Å². The molecule has 31 heavy (non-hydrogen) atoms. The number of benzene rings is 1. The van der Waals surface area contributed by atoms with Gasteiger partial charge in [-0.15, -0.1) is 0 Å². The number of pyridine rings is 1. The fraction of sp³-hybridized carbons (Fsp3) is 0.417. The first-order chi connectivity index (χ1) is 15.1. The number of aryl methyl sites for hydroxylation is 2. The van der Waals surface area contributed by atoms with Gasteiger partial charge in [-0.2, -0.15) is 5.26 Å². The Morgan fingerprint density at radius 2 is 1.90 bits per heavy atom. The molecule has 7 heteroatoms. The molecule has 2 aliphatic heterocycles. The van der Waals surface area contributed by atoms with Crippen LogP contribution in [0.4, 0.5) is 11.5 Å². The lowest BCUT2D eigenvalue weighted by atomic mass is 10.1. The number of rotatable bonds is 3. The Bertz CT molecular complexity index is 1070. The molecule has 5 rings (SSSR count). The molecule has 0 spiro atoms. The Morgan fingerprint density at radius 3 is 2.71 bits per heavy atom. The summed E-state index contributed by atoms with van der Waals surface area (Å²) >= 11 is 0. The second kappa shape index (κ2) is 8.03. The highest BCUT2D eigenvalue weighted by Gasteiger charge is 2.38. The molecule has 3 aliphatic rings. The molecule has 2 amide bonds. The zero-order valence-electron chi connectivity index (χ0n) is 17.5. The molecule has 0 bridgehead atoms. The van der Waals surface area contributed by atoms with Crippen molar-refractivity contribution in [2.75, 3.05) is 42.5 Å². The van der Waals surface area contributed by atoms with Gasteiger partial charge in [0.1, 0.15) is 11.9 Å². The van der Waals surface area contributed by atoms with Crippen molar-refractivity contribution < 1.29 is 9.59 Å². The number of amides is 2. The summed E-state index contributed by atoms with van der Waals surface area (Å²) in [4.78, 5) is 35.9. The van der Waals surface area contributed by atoms with E-state index in [9.17, 15) is 14.9 Å². The summed E-state index contributed by atoms with van der Waals surface area (Å²) in [6, 6.07) is 12.0. The molecular weight excluding hydrogens is 390 g/mol. The van der Waals surface area contributed by atoms with Crippen LogP contribution in [0.1, 0.15) is 29.5 Å². The first kappa shape index (κ1) is 19.6. The first-order valence-electron chi connectivity index (χ1n) is 10.9. The van der Waals surface area contributed by atoms with E-state index in [0.29, 0.717) is 44.1 Å². The van der Waals surface area contributed by atoms with Crippen molar-refractivity contribution in [3.8, 4) is 6.07 Å². The summed E-state index contributed by atoms with van der Waals surface area (Å²) < 4.78 is 0. The molecule has 0 radical (unpaired) electrons. The lowest BCUT2D eigenvalue weighted by Gasteiger charge is -2.36. The SMILES string of the molecule is N#Cc1cccnc1N1CCN(C(=O)C2CC(=O)N(c3ccc4c(c3)CCC4)C2)CC1. The number of fused-ring (bicyclic) bond motifs is 1. The third-order valence-electron chi connectivity index (χ3n) is 6.67. The minimum Gasteiger partial charge on any atom is -0.352 e. The highest BCUT2D eigenvalue weighted by Crippen LogP contribution is 2.31. The maximum absolute atomic E-state index is 13.1. The number of anilines is 2. The van der Waals surface area contributed by atoms with Gasteiger partial charge < -0.3 is 14.7 Å². The molecule has 1 unspecified atom stereocenters. The number of carbonyl (C=O) groups is 2. The predicted octanol–water partition coefficient (Wildman–Crippen LogP) is 2.14. The van der Waals surface area contributed by atoms with Crippen molar-refractivity contribution in [2.24, 2.45) is 5.92 Å². The molecule has 0 saturated carbocycles. The normalized spacial score (nSPS) is 20.7. The molecular formula is C24H25N5O2. The smallest absolute Gasteiger partial charge is 0.228 e. The highest BCUT2D eigenvalue weighted by atomic mass is 16.2. The third kappa shape index (κ3) is 3.63. The van der Waals surface area contributed by atoms with Gasteiger partial charge in [0.05, 0.1) is 11.5 Å². The summed E-state index contributed by atoms with van der Waals surface area (Å²) in [6.07, 6.45) is 5.32. The molecule has 1 aromatic heterocycles.